The lowest BCUT2D eigenvalue weighted by atomic mass is 10.2. The SMILES string of the molecule is [C-]#[N+]c1ccc(COc2cccc(Br)n2)c(OCCO)c1. The van der Waals surface area contributed by atoms with Gasteiger partial charge in [-0.15, -0.1) is 0 Å². The number of aliphatic hydroxyl groups excluding tert-OH is 1. The lowest BCUT2D eigenvalue weighted by Gasteiger charge is -2.12. The van der Waals surface area contributed by atoms with Crippen LogP contribution in [0.2, 0.25) is 0 Å². The van der Waals surface area contributed by atoms with Gasteiger partial charge in [0.15, 0.2) is 5.69 Å². The molecule has 0 radical (unpaired) electrons. The van der Waals surface area contributed by atoms with Crippen LogP contribution in [0.5, 0.6) is 11.6 Å². The normalized spacial score (nSPS) is 9.95. The summed E-state index contributed by atoms with van der Waals surface area (Å²) >= 11 is 3.28. The van der Waals surface area contributed by atoms with E-state index in [-0.39, 0.29) is 19.8 Å². The molecule has 1 heterocycles. The summed E-state index contributed by atoms with van der Waals surface area (Å²) in [5, 5.41) is 8.85. The highest BCUT2D eigenvalue weighted by atomic mass is 79.9. The molecule has 1 aromatic heterocycles. The van der Waals surface area contributed by atoms with Crippen molar-refractivity contribution >= 4 is 21.6 Å². The van der Waals surface area contributed by atoms with Crippen LogP contribution in [0, 0.1) is 6.57 Å². The van der Waals surface area contributed by atoms with Gasteiger partial charge in [-0.3, -0.25) is 0 Å². The van der Waals surface area contributed by atoms with Crippen molar-refractivity contribution in [1.29, 1.82) is 0 Å². The number of pyridine rings is 1. The Bertz CT molecular complexity index is 656. The fraction of sp³-hybridized carbons (Fsp3) is 0.200. The van der Waals surface area contributed by atoms with Gasteiger partial charge in [-0.05, 0) is 28.1 Å². The first-order chi connectivity index (χ1) is 10.2. The van der Waals surface area contributed by atoms with E-state index in [9.17, 15) is 0 Å². The van der Waals surface area contributed by atoms with Gasteiger partial charge in [0, 0.05) is 11.6 Å². The topological polar surface area (TPSA) is 55.9 Å². The predicted octanol–water partition coefficient (Wildman–Crippen LogP) is 3.34. The van der Waals surface area contributed by atoms with Crippen molar-refractivity contribution in [2.24, 2.45) is 0 Å². The van der Waals surface area contributed by atoms with Crippen molar-refractivity contribution in [2.75, 3.05) is 13.2 Å². The van der Waals surface area contributed by atoms with Crippen LogP contribution >= 0.6 is 15.9 Å². The molecule has 0 atom stereocenters. The average molecular weight is 349 g/mol. The van der Waals surface area contributed by atoms with E-state index < -0.39 is 0 Å². The minimum Gasteiger partial charge on any atom is -0.492 e. The van der Waals surface area contributed by atoms with Crippen molar-refractivity contribution in [1.82, 2.24) is 4.98 Å². The van der Waals surface area contributed by atoms with Crippen LogP contribution in [0.4, 0.5) is 5.69 Å². The fourth-order valence-corrected chi connectivity index (χ4v) is 1.97. The number of rotatable bonds is 6. The first-order valence-corrected chi connectivity index (χ1v) is 7.01. The maximum absolute atomic E-state index is 8.85. The van der Waals surface area contributed by atoms with Gasteiger partial charge >= 0.3 is 0 Å². The van der Waals surface area contributed by atoms with Gasteiger partial charge in [-0.1, -0.05) is 18.2 Å². The second kappa shape index (κ2) is 7.62. The number of benzene rings is 1. The van der Waals surface area contributed by atoms with Crippen LogP contribution in [0.1, 0.15) is 5.56 Å². The van der Waals surface area contributed by atoms with E-state index in [0.717, 1.165) is 5.56 Å². The number of hydrogen-bond acceptors (Lipinski definition) is 4. The molecule has 1 aromatic carbocycles. The third kappa shape index (κ3) is 4.45. The Labute approximate surface area is 131 Å². The zero-order chi connectivity index (χ0) is 15.1. The lowest BCUT2D eigenvalue weighted by Crippen LogP contribution is -2.05. The highest BCUT2D eigenvalue weighted by Gasteiger charge is 2.07. The Morgan fingerprint density at radius 1 is 1.24 bits per heavy atom. The van der Waals surface area contributed by atoms with Crippen LogP contribution in [-0.4, -0.2) is 23.3 Å². The van der Waals surface area contributed by atoms with Crippen molar-refractivity contribution < 1.29 is 14.6 Å². The summed E-state index contributed by atoms with van der Waals surface area (Å²) in [6, 6.07) is 10.5. The minimum absolute atomic E-state index is 0.0876. The molecule has 6 heteroatoms. The molecule has 0 fully saturated rings. The van der Waals surface area contributed by atoms with Gasteiger partial charge in [0.1, 0.15) is 23.6 Å². The molecule has 0 bridgehead atoms. The zero-order valence-electron chi connectivity index (χ0n) is 11.1. The van der Waals surface area contributed by atoms with Crippen LogP contribution in [0.3, 0.4) is 0 Å². The molecular formula is C15H13BrN2O3. The Kier molecular flexibility index (Phi) is 5.55. The molecule has 0 saturated carbocycles. The molecule has 0 aliphatic carbocycles. The third-order valence-corrected chi connectivity index (χ3v) is 3.04. The van der Waals surface area contributed by atoms with E-state index in [1.54, 1.807) is 24.3 Å². The van der Waals surface area contributed by atoms with E-state index >= 15 is 0 Å². The predicted molar refractivity (Wildman–Crippen MR) is 81.6 cm³/mol. The molecule has 0 aliphatic rings. The van der Waals surface area contributed by atoms with E-state index in [4.69, 9.17) is 21.2 Å². The van der Waals surface area contributed by atoms with Gasteiger partial charge in [-0.25, -0.2) is 9.83 Å². The first-order valence-electron chi connectivity index (χ1n) is 6.22. The Balaban J connectivity index is 2.13. The van der Waals surface area contributed by atoms with Gasteiger partial charge < -0.3 is 14.6 Å². The fourth-order valence-electron chi connectivity index (χ4n) is 1.64. The Hall–Kier alpha value is -2.10. The number of nitrogens with zero attached hydrogens (tertiary/aromatic N) is 2. The summed E-state index contributed by atoms with van der Waals surface area (Å²) in [5.74, 6) is 1.03. The van der Waals surface area contributed by atoms with Gasteiger partial charge in [0.05, 0.1) is 13.2 Å². The maximum atomic E-state index is 8.85. The summed E-state index contributed by atoms with van der Waals surface area (Å²) in [6.45, 7) is 7.37. The number of aliphatic hydroxyl groups is 1. The molecule has 1 N–H and O–H groups in total. The molecule has 0 spiro atoms. The summed E-state index contributed by atoms with van der Waals surface area (Å²) in [5.41, 5.74) is 1.27. The number of aromatic nitrogens is 1. The van der Waals surface area contributed by atoms with Crippen molar-refractivity contribution in [3.8, 4) is 11.6 Å². The van der Waals surface area contributed by atoms with Crippen LogP contribution in [0.15, 0.2) is 41.0 Å². The molecule has 108 valence electrons. The van der Waals surface area contributed by atoms with Gasteiger partial charge in [0.25, 0.3) is 0 Å². The minimum atomic E-state index is -0.0876. The largest absolute Gasteiger partial charge is 0.492 e. The summed E-state index contributed by atoms with van der Waals surface area (Å²) in [6.07, 6.45) is 0. The quantitative estimate of drug-likeness (QED) is 0.642. The van der Waals surface area contributed by atoms with E-state index in [2.05, 4.69) is 25.8 Å². The van der Waals surface area contributed by atoms with E-state index in [1.807, 2.05) is 12.1 Å². The first kappa shape index (κ1) is 15.3. The summed E-state index contributed by atoms with van der Waals surface area (Å²) in [4.78, 5) is 7.54. The standard InChI is InChI=1S/C15H13BrN2O3/c1-17-12-6-5-11(13(9-12)20-8-7-19)10-21-15-4-2-3-14(16)18-15/h2-6,9,19H,7-8,10H2. The van der Waals surface area contributed by atoms with Crippen LogP contribution in [-0.2, 0) is 6.61 Å². The van der Waals surface area contributed by atoms with Crippen molar-refractivity contribution in [2.45, 2.75) is 6.61 Å². The van der Waals surface area contributed by atoms with Gasteiger partial charge in [-0.2, -0.15) is 0 Å². The number of halogens is 1. The molecule has 2 aromatic rings. The Morgan fingerprint density at radius 2 is 2.10 bits per heavy atom. The molecule has 5 nitrogen and oxygen atoms in total. The maximum Gasteiger partial charge on any atom is 0.214 e. The van der Waals surface area contributed by atoms with Crippen LogP contribution < -0.4 is 9.47 Å². The highest BCUT2D eigenvalue weighted by molar-refractivity contribution is 9.10. The smallest absolute Gasteiger partial charge is 0.214 e. The second-order valence-electron chi connectivity index (χ2n) is 4.06. The lowest BCUT2D eigenvalue weighted by molar-refractivity contribution is 0.197. The molecule has 0 aliphatic heterocycles. The van der Waals surface area contributed by atoms with E-state index in [0.29, 0.717) is 21.9 Å². The third-order valence-electron chi connectivity index (χ3n) is 2.59. The van der Waals surface area contributed by atoms with Crippen LogP contribution in [0.25, 0.3) is 4.85 Å². The Morgan fingerprint density at radius 3 is 2.81 bits per heavy atom. The molecule has 0 unspecified atom stereocenters. The summed E-state index contributed by atoms with van der Waals surface area (Å²) < 4.78 is 11.7. The van der Waals surface area contributed by atoms with Crippen molar-refractivity contribution in [3.05, 3.63) is 58.0 Å². The number of ether oxygens (including phenoxy) is 2. The molecule has 21 heavy (non-hydrogen) atoms. The monoisotopic (exact) mass is 348 g/mol. The van der Waals surface area contributed by atoms with E-state index in [1.165, 1.54) is 0 Å². The molecule has 2 rings (SSSR count). The zero-order valence-corrected chi connectivity index (χ0v) is 12.7. The highest BCUT2D eigenvalue weighted by Crippen LogP contribution is 2.26. The molecule has 0 amide bonds. The second-order valence-corrected chi connectivity index (χ2v) is 4.88. The molecular weight excluding hydrogens is 336 g/mol. The van der Waals surface area contributed by atoms with Gasteiger partial charge in [0.2, 0.25) is 5.88 Å². The summed E-state index contributed by atoms with van der Waals surface area (Å²) in [7, 11) is 0. The number of hydrogen-bond donors (Lipinski definition) is 1. The average Bonchev–Trinajstić information content (AvgIpc) is 2.51. The van der Waals surface area contributed by atoms with Crippen molar-refractivity contribution in [3.63, 3.8) is 0 Å². The molecule has 0 saturated heterocycles.